The number of rotatable bonds is 5. The number of nitrogens with zero attached hydrogens (tertiary/aromatic N) is 1. The van der Waals surface area contributed by atoms with Crippen molar-refractivity contribution in [2.75, 3.05) is 29.9 Å². The van der Waals surface area contributed by atoms with Gasteiger partial charge in [-0.05, 0) is 48.5 Å². The van der Waals surface area contributed by atoms with Gasteiger partial charge in [-0.2, -0.15) is 0 Å². The molecule has 0 bridgehead atoms. The average Bonchev–Trinajstić information content (AvgIpc) is 2.79. The van der Waals surface area contributed by atoms with Crippen LogP contribution in [0.5, 0.6) is 11.5 Å². The molecule has 0 aromatic heterocycles. The zero-order valence-electron chi connectivity index (χ0n) is 16.2. The molecule has 8 heteroatoms. The number of hydrogen-bond acceptors (Lipinski definition) is 5. The van der Waals surface area contributed by atoms with Crippen molar-refractivity contribution in [3.05, 3.63) is 78.4 Å². The van der Waals surface area contributed by atoms with Crippen LogP contribution < -0.4 is 19.1 Å². The summed E-state index contributed by atoms with van der Waals surface area (Å²) < 4.78 is 38.1. The molecule has 1 aliphatic heterocycles. The highest BCUT2D eigenvalue weighted by Crippen LogP contribution is 2.31. The van der Waals surface area contributed by atoms with E-state index in [4.69, 9.17) is 9.47 Å². The molecule has 3 aromatic carbocycles. The molecule has 3 aromatic rings. The van der Waals surface area contributed by atoms with Gasteiger partial charge in [0.1, 0.15) is 13.2 Å². The molecule has 154 valence electrons. The van der Waals surface area contributed by atoms with E-state index in [1.807, 2.05) is 6.07 Å². The van der Waals surface area contributed by atoms with Crippen LogP contribution in [-0.2, 0) is 10.0 Å². The first-order valence-electron chi connectivity index (χ1n) is 9.30. The third kappa shape index (κ3) is 3.95. The maximum absolute atomic E-state index is 13.0. The van der Waals surface area contributed by atoms with Gasteiger partial charge in [0.2, 0.25) is 0 Å². The number of fused-ring (bicyclic) bond motifs is 1. The van der Waals surface area contributed by atoms with E-state index in [0.29, 0.717) is 41.7 Å². The Morgan fingerprint density at radius 1 is 0.900 bits per heavy atom. The van der Waals surface area contributed by atoms with Crippen molar-refractivity contribution < 1.29 is 22.7 Å². The standard InChI is InChI=1S/C22H20N2O5S/c1-24(18-7-3-2-4-8-18)30(26,27)19-9-5-6-17(15-19)23-22(25)16-10-11-20-21(14-16)29-13-12-28-20/h2-11,14-15H,12-13H2,1H3,(H,23,25). The van der Waals surface area contributed by atoms with Gasteiger partial charge in [-0.25, -0.2) is 8.42 Å². The molecule has 0 saturated carbocycles. The van der Waals surface area contributed by atoms with E-state index in [1.165, 1.54) is 23.5 Å². The van der Waals surface area contributed by atoms with Crippen LogP contribution in [0.3, 0.4) is 0 Å². The molecule has 1 aliphatic rings. The average molecular weight is 424 g/mol. The Hall–Kier alpha value is -3.52. The van der Waals surface area contributed by atoms with Crippen molar-refractivity contribution in [1.29, 1.82) is 0 Å². The summed E-state index contributed by atoms with van der Waals surface area (Å²) in [6, 6.07) is 19.9. The van der Waals surface area contributed by atoms with E-state index in [9.17, 15) is 13.2 Å². The third-order valence-corrected chi connectivity index (χ3v) is 6.46. The fourth-order valence-corrected chi connectivity index (χ4v) is 4.30. The fourth-order valence-electron chi connectivity index (χ4n) is 3.06. The molecule has 1 heterocycles. The Morgan fingerprint density at radius 2 is 1.63 bits per heavy atom. The third-order valence-electron chi connectivity index (χ3n) is 4.67. The summed E-state index contributed by atoms with van der Waals surface area (Å²) in [5.41, 5.74) is 1.30. The highest BCUT2D eigenvalue weighted by atomic mass is 32.2. The van der Waals surface area contributed by atoms with Gasteiger partial charge in [0, 0.05) is 18.3 Å². The number of nitrogens with one attached hydrogen (secondary N) is 1. The summed E-state index contributed by atoms with van der Waals surface area (Å²) in [5.74, 6) is 0.725. The minimum Gasteiger partial charge on any atom is -0.486 e. The van der Waals surface area contributed by atoms with E-state index in [2.05, 4.69) is 5.32 Å². The van der Waals surface area contributed by atoms with E-state index in [0.717, 1.165) is 0 Å². The predicted molar refractivity (Wildman–Crippen MR) is 114 cm³/mol. The first kappa shape index (κ1) is 19.8. The number of ether oxygens (including phenoxy) is 2. The Balaban J connectivity index is 1.55. The summed E-state index contributed by atoms with van der Waals surface area (Å²) in [7, 11) is -2.29. The van der Waals surface area contributed by atoms with Crippen molar-refractivity contribution in [1.82, 2.24) is 0 Å². The maximum atomic E-state index is 13.0. The molecule has 0 saturated heterocycles. The Kier molecular flexibility index (Phi) is 5.33. The van der Waals surface area contributed by atoms with E-state index in [-0.39, 0.29) is 10.8 Å². The van der Waals surface area contributed by atoms with Crippen LogP contribution in [0.1, 0.15) is 10.4 Å². The Labute approximate surface area is 174 Å². The topological polar surface area (TPSA) is 84.9 Å². The van der Waals surface area contributed by atoms with Gasteiger partial charge < -0.3 is 14.8 Å². The molecule has 0 radical (unpaired) electrons. The number of amides is 1. The summed E-state index contributed by atoms with van der Waals surface area (Å²) >= 11 is 0. The van der Waals surface area contributed by atoms with Gasteiger partial charge in [-0.1, -0.05) is 24.3 Å². The van der Waals surface area contributed by atoms with Crippen LogP contribution in [0, 0.1) is 0 Å². The quantitative estimate of drug-likeness (QED) is 0.677. The molecular formula is C22H20N2O5S. The molecule has 0 spiro atoms. The summed E-state index contributed by atoms with van der Waals surface area (Å²) in [6.07, 6.45) is 0. The molecule has 4 rings (SSSR count). The highest BCUT2D eigenvalue weighted by molar-refractivity contribution is 7.92. The van der Waals surface area contributed by atoms with E-state index < -0.39 is 10.0 Å². The number of hydrogen-bond donors (Lipinski definition) is 1. The van der Waals surface area contributed by atoms with Crippen molar-refractivity contribution in [2.45, 2.75) is 4.90 Å². The van der Waals surface area contributed by atoms with Gasteiger partial charge in [0.05, 0.1) is 10.6 Å². The van der Waals surface area contributed by atoms with Crippen LogP contribution in [0.15, 0.2) is 77.7 Å². The molecule has 0 unspecified atom stereocenters. The summed E-state index contributed by atoms with van der Waals surface area (Å²) in [5, 5.41) is 2.74. The molecule has 30 heavy (non-hydrogen) atoms. The van der Waals surface area contributed by atoms with Crippen molar-refractivity contribution in [3.8, 4) is 11.5 Å². The smallest absolute Gasteiger partial charge is 0.264 e. The maximum Gasteiger partial charge on any atom is 0.264 e. The first-order valence-corrected chi connectivity index (χ1v) is 10.7. The molecule has 1 N–H and O–H groups in total. The van der Waals surface area contributed by atoms with Gasteiger partial charge in [-0.3, -0.25) is 9.10 Å². The second-order valence-corrected chi connectivity index (χ2v) is 8.62. The minimum atomic E-state index is -3.78. The van der Waals surface area contributed by atoms with Crippen LogP contribution >= 0.6 is 0 Å². The summed E-state index contributed by atoms with van der Waals surface area (Å²) in [6.45, 7) is 0.893. The van der Waals surface area contributed by atoms with Crippen molar-refractivity contribution in [2.24, 2.45) is 0 Å². The molecule has 1 amide bonds. The van der Waals surface area contributed by atoms with Crippen LogP contribution in [0.25, 0.3) is 0 Å². The van der Waals surface area contributed by atoms with Gasteiger partial charge in [0.25, 0.3) is 15.9 Å². The number of carbonyl (C=O) groups is 1. The van der Waals surface area contributed by atoms with Gasteiger partial charge in [-0.15, -0.1) is 0 Å². The monoisotopic (exact) mass is 424 g/mol. The van der Waals surface area contributed by atoms with Crippen LogP contribution in [-0.4, -0.2) is 34.6 Å². The second-order valence-electron chi connectivity index (χ2n) is 6.65. The van der Waals surface area contributed by atoms with E-state index in [1.54, 1.807) is 54.6 Å². The zero-order chi connectivity index (χ0) is 21.1. The number of para-hydroxylation sites is 1. The molecule has 0 fully saturated rings. The second kappa shape index (κ2) is 8.08. The normalized spacial score (nSPS) is 12.8. The van der Waals surface area contributed by atoms with Crippen molar-refractivity contribution in [3.63, 3.8) is 0 Å². The summed E-state index contributed by atoms with van der Waals surface area (Å²) in [4.78, 5) is 12.7. The molecule has 0 aliphatic carbocycles. The molecule has 7 nitrogen and oxygen atoms in total. The highest BCUT2D eigenvalue weighted by Gasteiger charge is 2.22. The molecule has 0 atom stereocenters. The van der Waals surface area contributed by atoms with Gasteiger partial charge in [0.15, 0.2) is 11.5 Å². The van der Waals surface area contributed by atoms with Crippen LogP contribution in [0.2, 0.25) is 0 Å². The number of benzene rings is 3. The minimum absolute atomic E-state index is 0.0776. The number of carbonyl (C=O) groups excluding carboxylic acids is 1. The van der Waals surface area contributed by atoms with Crippen molar-refractivity contribution >= 4 is 27.3 Å². The number of sulfonamides is 1. The predicted octanol–water partition coefficient (Wildman–Crippen LogP) is 3.54. The Bertz CT molecular complexity index is 1180. The van der Waals surface area contributed by atoms with Gasteiger partial charge >= 0.3 is 0 Å². The lowest BCUT2D eigenvalue weighted by molar-refractivity contribution is 0.102. The lowest BCUT2D eigenvalue weighted by Crippen LogP contribution is -2.26. The Morgan fingerprint density at radius 3 is 2.40 bits per heavy atom. The molecular weight excluding hydrogens is 404 g/mol. The zero-order valence-corrected chi connectivity index (χ0v) is 17.1. The SMILES string of the molecule is CN(c1ccccc1)S(=O)(=O)c1cccc(NC(=O)c2ccc3c(c2)OCCO3)c1. The van der Waals surface area contributed by atoms with E-state index >= 15 is 0 Å². The van der Waals surface area contributed by atoms with Crippen LogP contribution in [0.4, 0.5) is 11.4 Å². The largest absolute Gasteiger partial charge is 0.486 e. The fraction of sp³-hybridized carbons (Fsp3) is 0.136. The first-order chi connectivity index (χ1) is 14.4. The number of anilines is 2. The lowest BCUT2D eigenvalue weighted by Gasteiger charge is -2.20. The lowest BCUT2D eigenvalue weighted by atomic mass is 10.1.